The van der Waals surface area contributed by atoms with Crippen molar-refractivity contribution in [1.82, 2.24) is 0 Å². The molecule has 16 heavy (non-hydrogen) atoms. The molecule has 3 heteroatoms. The van der Waals surface area contributed by atoms with E-state index in [4.69, 9.17) is 10.5 Å². The Labute approximate surface area is 99.7 Å². The first-order valence-electron chi connectivity index (χ1n) is 5.33. The highest BCUT2D eigenvalue weighted by molar-refractivity contribution is 7.10. The van der Waals surface area contributed by atoms with Crippen LogP contribution >= 0.6 is 11.3 Å². The Morgan fingerprint density at radius 3 is 2.56 bits per heavy atom. The smallest absolute Gasteiger partial charge is 0.119 e. The summed E-state index contributed by atoms with van der Waals surface area (Å²) in [5.74, 6) is 0.893. The van der Waals surface area contributed by atoms with Crippen LogP contribution < -0.4 is 10.5 Å². The predicted molar refractivity (Wildman–Crippen MR) is 68.0 cm³/mol. The lowest BCUT2D eigenvalue weighted by Crippen LogP contribution is -2.09. The molecule has 1 aromatic heterocycles. The van der Waals surface area contributed by atoms with E-state index in [0.717, 1.165) is 11.3 Å². The minimum Gasteiger partial charge on any atom is -0.494 e. The maximum absolute atomic E-state index is 6.15. The van der Waals surface area contributed by atoms with Crippen molar-refractivity contribution >= 4 is 11.3 Å². The van der Waals surface area contributed by atoms with Gasteiger partial charge in [-0.2, -0.15) is 0 Å². The maximum Gasteiger partial charge on any atom is 0.119 e. The first kappa shape index (κ1) is 11.2. The molecule has 0 saturated carbocycles. The van der Waals surface area contributed by atoms with Crippen LogP contribution in [0.3, 0.4) is 0 Å². The second-order valence-electron chi connectivity index (χ2n) is 3.50. The fourth-order valence-electron chi connectivity index (χ4n) is 1.57. The monoisotopic (exact) mass is 233 g/mol. The van der Waals surface area contributed by atoms with Crippen LogP contribution in [0.4, 0.5) is 0 Å². The molecule has 0 spiro atoms. The van der Waals surface area contributed by atoms with Crippen molar-refractivity contribution in [2.24, 2.45) is 5.73 Å². The number of ether oxygens (including phenoxy) is 1. The summed E-state index contributed by atoms with van der Waals surface area (Å²) < 4.78 is 5.39. The van der Waals surface area contributed by atoms with Gasteiger partial charge in [0.15, 0.2) is 0 Å². The molecule has 2 nitrogen and oxygen atoms in total. The lowest BCUT2D eigenvalue weighted by Gasteiger charge is -2.10. The van der Waals surface area contributed by atoms with E-state index in [1.165, 1.54) is 4.88 Å². The van der Waals surface area contributed by atoms with Crippen molar-refractivity contribution in [1.29, 1.82) is 0 Å². The standard InChI is InChI=1S/C13H15NOS/c1-2-15-11-7-5-10(6-8-11)13(14)12-4-3-9-16-12/h3-9,13H,2,14H2,1H3/t13-/m1/s1. The van der Waals surface area contributed by atoms with Crippen LogP contribution in [-0.4, -0.2) is 6.61 Å². The highest BCUT2D eigenvalue weighted by Crippen LogP contribution is 2.25. The van der Waals surface area contributed by atoms with Gasteiger partial charge >= 0.3 is 0 Å². The van der Waals surface area contributed by atoms with E-state index < -0.39 is 0 Å². The van der Waals surface area contributed by atoms with Gasteiger partial charge in [-0.15, -0.1) is 11.3 Å². The Balaban J connectivity index is 2.15. The first-order chi connectivity index (χ1) is 7.81. The third kappa shape index (κ3) is 2.43. The number of thiophene rings is 1. The summed E-state index contributed by atoms with van der Waals surface area (Å²) in [5.41, 5.74) is 7.27. The van der Waals surface area contributed by atoms with E-state index in [1.807, 2.05) is 42.6 Å². The molecular formula is C13H15NOS. The maximum atomic E-state index is 6.15. The van der Waals surface area contributed by atoms with Gasteiger partial charge in [0.1, 0.15) is 5.75 Å². The fraction of sp³-hybridized carbons (Fsp3) is 0.231. The van der Waals surface area contributed by atoms with Crippen molar-refractivity contribution in [3.05, 3.63) is 52.2 Å². The van der Waals surface area contributed by atoms with Crippen molar-refractivity contribution in [2.75, 3.05) is 6.61 Å². The van der Waals surface area contributed by atoms with E-state index in [2.05, 4.69) is 6.07 Å². The van der Waals surface area contributed by atoms with Crippen LogP contribution in [0.5, 0.6) is 5.75 Å². The van der Waals surface area contributed by atoms with Gasteiger partial charge in [0, 0.05) is 4.88 Å². The number of hydrogen-bond donors (Lipinski definition) is 1. The third-order valence-electron chi connectivity index (χ3n) is 2.40. The van der Waals surface area contributed by atoms with Gasteiger partial charge in [-0.1, -0.05) is 18.2 Å². The molecule has 2 N–H and O–H groups in total. The Kier molecular flexibility index (Phi) is 3.59. The molecule has 0 saturated heterocycles. The van der Waals surface area contributed by atoms with Crippen molar-refractivity contribution in [3.63, 3.8) is 0 Å². The van der Waals surface area contributed by atoms with Crippen LogP contribution in [0.25, 0.3) is 0 Å². The number of rotatable bonds is 4. The summed E-state index contributed by atoms with van der Waals surface area (Å²) in [6, 6.07) is 12.0. The summed E-state index contributed by atoms with van der Waals surface area (Å²) in [4.78, 5) is 1.18. The molecule has 1 aromatic carbocycles. The van der Waals surface area contributed by atoms with Crippen LogP contribution in [0, 0.1) is 0 Å². The lowest BCUT2D eigenvalue weighted by atomic mass is 10.1. The molecule has 0 amide bonds. The van der Waals surface area contributed by atoms with E-state index in [9.17, 15) is 0 Å². The molecule has 0 radical (unpaired) electrons. The third-order valence-corrected chi connectivity index (χ3v) is 3.36. The molecule has 1 atom stereocenters. The van der Waals surface area contributed by atoms with Gasteiger partial charge < -0.3 is 10.5 Å². The zero-order valence-electron chi connectivity index (χ0n) is 9.22. The molecule has 0 aliphatic rings. The van der Waals surface area contributed by atoms with Crippen LogP contribution in [0.15, 0.2) is 41.8 Å². The molecule has 2 rings (SSSR count). The van der Waals surface area contributed by atoms with Crippen LogP contribution in [0.1, 0.15) is 23.4 Å². The van der Waals surface area contributed by atoms with Gasteiger partial charge in [0.2, 0.25) is 0 Å². The van der Waals surface area contributed by atoms with Gasteiger partial charge in [-0.05, 0) is 36.1 Å². The predicted octanol–water partition coefficient (Wildman–Crippen LogP) is 3.19. The van der Waals surface area contributed by atoms with Crippen molar-refractivity contribution in [3.8, 4) is 5.75 Å². The van der Waals surface area contributed by atoms with Crippen molar-refractivity contribution < 1.29 is 4.74 Å². The van der Waals surface area contributed by atoms with Gasteiger partial charge in [0.25, 0.3) is 0 Å². The minimum atomic E-state index is -0.0318. The molecule has 0 bridgehead atoms. The van der Waals surface area contributed by atoms with E-state index in [-0.39, 0.29) is 6.04 Å². The Hall–Kier alpha value is -1.32. The highest BCUT2D eigenvalue weighted by atomic mass is 32.1. The summed E-state index contributed by atoms with van der Waals surface area (Å²) in [7, 11) is 0. The Morgan fingerprint density at radius 1 is 1.25 bits per heavy atom. The number of nitrogens with two attached hydrogens (primary N) is 1. The largest absolute Gasteiger partial charge is 0.494 e. The Bertz CT molecular complexity index is 422. The summed E-state index contributed by atoms with van der Waals surface area (Å²) in [6.45, 7) is 2.67. The molecule has 0 unspecified atom stereocenters. The van der Waals surface area contributed by atoms with Crippen molar-refractivity contribution in [2.45, 2.75) is 13.0 Å². The van der Waals surface area contributed by atoms with E-state index in [0.29, 0.717) is 6.61 Å². The van der Waals surface area contributed by atoms with Crippen LogP contribution in [-0.2, 0) is 0 Å². The molecule has 1 heterocycles. The summed E-state index contributed by atoms with van der Waals surface area (Å²) in [6.07, 6.45) is 0. The summed E-state index contributed by atoms with van der Waals surface area (Å²) >= 11 is 1.68. The van der Waals surface area contributed by atoms with Gasteiger partial charge in [-0.3, -0.25) is 0 Å². The molecule has 0 fully saturated rings. The Morgan fingerprint density at radius 2 is 2.00 bits per heavy atom. The lowest BCUT2D eigenvalue weighted by molar-refractivity contribution is 0.340. The average molecular weight is 233 g/mol. The second-order valence-corrected chi connectivity index (χ2v) is 4.47. The SMILES string of the molecule is CCOc1ccc([C@@H](N)c2cccs2)cc1. The zero-order chi connectivity index (χ0) is 11.4. The zero-order valence-corrected chi connectivity index (χ0v) is 10.0. The van der Waals surface area contributed by atoms with Crippen LogP contribution in [0.2, 0.25) is 0 Å². The second kappa shape index (κ2) is 5.14. The molecule has 0 aliphatic carbocycles. The number of hydrogen-bond acceptors (Lipinski definition) is 3. The first-order valence-corrected chi connectivity index (χ1v) is 6.21. The number of benzene rings is 1. The quantitative estimate of drug-likeness (QED) is 0.880. The van der Waals surface area contributed by atoms with Gasteiger partial charge in [0.05, 0.1) is 12.6 Å². The minimum absolute atomic E-state index is 0.0318. The summed E-state index contributed by atoms with van der Waals surface area (Å²) in [5, 5.41) is 2.05. The average Bonchev–Trinajstić information content (AvgIpc) is 2.83. The van der Waals surface area contributed by atoms with E-state index >= 15 is 0 Å². The molecule has 84 valence electrons. The normalized spacial score (nSPS) is 12.4. The van der Waals surface area contributed by atoms with Gasteiger partial charge in [-0.25, -0.2) is 0 Å². The van der Waals surface area contributed by atoms with E-state index in [1.54, 1.807) is 11.3 Å². The molecular weight excluding hydrogens is 218 g/mol. The topological polar surface area (TPSA) is 35.2 Å². The molecule has 2 aromatic rings. The fourth-order valence-corrected chi connectivity index (χ4v) is 2.32. The molecule has 0 aliphatic heterocycles. The highest BCUT2D eigenvalue weighted by Gasteiger charge is 2.09.